The summed E-state index contributed by atoms with van der Waals surface area (Å²) in [6.45, 7) is 0.468. The molecule has 0 saturated heterocycles. The Hall–Kier alpha value is -2.20. The van der Waals surface area contributed by atoms with E-state index in [1.807, 2.05) is 0 Å². The van der Waals surface area contributed by atoms with Crippen LogP contribution in [0, 0.1) is 0 Å². The van der Waals surface area contributed by atoms with Gasteiger partial charge in [-0.05, 0) is 51.4 Å². The van der Waals surface area contributed by atoms with Gasteiger partial charge in [0.2, 0.25) is 11.8 Å². The van der Waals surface area contributed by atoms with Crippen molar-refractivity contribution in [3.05, 3.63) is 0 Å². The van der Waals surface area contributed by atoms with Gasteiger partial charge >= 0.3 is 11.9 Å². The van der Waals surface area contributed by atoms with Crippen LogP contribution in [0.4, 0.5) is 0 Å². The van der Waals surface area contributed by atoms with Crippen LogP contribution in [0.3, 0.4) is 0 Å². The molecular weight excluding hydrogens is 612 g/mol. The highest BCUT2D eigenvalue weighted by Gasteiger charge is 2.16. The molecule has 0 aliphatic carbocycles. The Kier molecular flexibility index (Phi) is 33.1. The minimum absolute atomic E-state index is 0.0686. The first kappa shape index (κ1) is 45.8. The molecule has 0 bridgehead atoms. The number of hydrogen-bond acceptors (Lipinski definition) is 8. The lowest BCUT2D eigenvalue weighted by atomic mass is 9.99. The first-order chi connectivity index (χ1) is 23.4. The van der Waals surface area contributed by atoms with Crippen molar-refractivity contribution in [3.63, 3.8) is 0 Å². The molecule has 0 radical (unpaired) electrons. The Balaban J connectivity index is 4.69. The molecule has 4 N–H and O–H groups in total. The number of carbonyl (C=O) groups is 4. The van der Waals surface area contributed by atoms with E-state index in [9.17, 15) is 19.2 Å². The Bertz CT molecular complexity index is 731. The van der Waals surface area contributed by atoms with Gasteiger partial charge in [-0.15, -0.1) is 0 Å². The summed E-state index contributed by atoms with van der Waals surface area (Å²) in [6.07, 6.45) is 25.0. The van der Waals surface area contributed by atoms with Crippen LogP contribution in [-0.4, -0.2) is 73.5 Å². The normalized spacial score (nSPS) is 12.3. The van der Waals surface area contributed by atoms with Crippen LogP contribution in [0.2, 0.25) is 0 Å². The first-order valence-corrected chi connectivity index (χ1v) is 19.3. The van der Waals surface area contributed by atoms with E-state index in [0.29, 0.717) is 12.8 Å². The fraction of sp³-hybridized carbons (Fsp3) is 0.895. The van der Waals surface area contributed by atoms with Crippen LogP contribution >= 0.6 is 0 Å². The van der Waals surface area contributed by atoms with Crippen molar-refractivity contribution in [2.75, 3.05) is 27.4 Å². The molecule has 282 valence electrons. The van der Waals surface area contributed by atoms with E-state index in [2.05, 4.69) is 10.6 Å². The average Bonchev–Trinajstić information content (AvgIpc) is 3.08. The molecule has 10 nitrogen and oxygen atoms in total. The van der Waals surface area contributed by atoms with Gasteiger partial charge < -0.3 is 30.3 Å². The van der Waals surface area contributed by atoms with Gasteiger partial charge in [0.25, 0.3) is 0 Å². The second-order valence-corrected chi connectivity index (χ2v) is 13.4. The molecule has 0 fully saturated rings. The zero-order chi connectivity index (χ0) is 35.5. The highest BCUT2D eigenvalue weighted by molar-refractivity contribution is 5.84. The average molecular weight is 685 g/mol. The van der Waals surface area contributed by atoms with Gasteiger partial charge in [-0.25, -0.2) is 0 Å². The minimum Gasteiger partial charge on any atom is -0.469 e. The molecule has 2 unspecified atom stereocenters. The van der Waals surface area contributed by atoms with Gasteiger partial charge in [-0.3, -0.25) is 19.2 Å². The number of nitrogens with one attached hydrogen (secondary N) is 2. The molecule has 48 heavy (non-hydrogen) atoms. The number of methoxy groups -OCH3 is 2. The molecule has 0 aromatic rings. The Labute approximate surface area is 292 Å². The maximum atomic E-state index is 12.9. The van der Waals surface area contributed by atoms with Gasteiger partial charge in [0.15, 0.2) is 0 Å². The number of aliphatic hydroxyl groups excluding tert-OH is 2. The van der Waals surface area contributed by atoms with E-state index in [0.717, 1.165) is 154 Å². The van der Waals surface area contributed by atoms with Crippen LogP contribution in [0.25, 0.3) is 0 Å². The van der Waals surface area contributed by atoms with Crippen LogP contribution in [-0.2, 0) is 28.7 Å². The fourth-order valence-electron chi connectivity index (χ4n) is 6.05. The maximum Gasteiger partial charge on any atom is 0.305 e. The number of hydrogen-bond donors (Lipinski definition) is 4. The fourth-order valence-corrected chi connectivity index (χ4v) is 6.05. The van der Waals surface area contributed by atoms with Crippen molar-refractivity contribution in [2.24, 2.45) is 0 Å². The summed E-state index contributed by atoms with van der Waals surface area (Å²) < 4.78 is 9.41. The van der Waals surface area contributed by atoms with Crippen LogP contribution in [0.5, 0.6) is 0 Å². The monoisotopic (exact) mass is 685 g/mol. The van der Waals surface area contributed by atoms with Gasteiger partial charge in [-0.1, -0.05) is 103 Å². The van der Waals surface area contributed by atoms with Crippen molar-refractivity contribution in [1.82, 2.24) is 10.6 Å². The van der Waals surface area contributed by atoms with Gasteiger partial charge in [0, 0.05) is 51.0 Å². The largest absolute Gasteiger partial charge is 0.469 e. The molecule has 2 amide bonds. The molecule has 0 aromatic carbocycles. The number of aliphatic hydroxyl groups is 2. The lowest BCUT2D eigenvalue weighted by Crippen LogP contribution is -2.38. The second-order valence-electron chi connectivity index (χ2n) is 13.4. The Morgan fingerprint density at radius 1 is 0.417 bits per heavy atom. The minimum atomic E-state index is -0.160. The Morgan fingerprint density at radius 3 is 0.979 bits per heavy atom. The van der Waals surface area contributed by atoms with E-state index >= 15 is 0 Å². The molecule has 0 saturated carbocycles. The maximum absolute atomic E-state index is 12.9. The molecule has 2 atom stereocenters. The van der Waals surface area contributed by atoms with Gasteiger partial charge in [0.05, 0.1) is 14.2 Å². The summed E-state index contributed by atoms with van der Waals surface area (Å²) >= 11 is 0. The van der Waals surface area contributed by atoms with Gasteiger partial charge in [0.1, 0.15) is 0 Å². The van der Waals surface area contributed by atoms with E-state index in [1.54, 1.807) is 0 Å². The van der Waals surface area contributed by atoms with Crippen molar-refractivity contribution < 1.29 is 38.9 Å². The second kappa shape index (κ2) is 34.7. The summed E-state index contributed by atoms with van der Waals surface area (Å²) in [7, 11) is 2.83. The molecule has 0 aliphatic heterocycles. The van der Waals surface area contributed by atoms with Crippen LogP contribution in [0.15, 0.2) is 0 Å². The lowest BCUT2D eigenvalue weighted by Gasteiger charge is -2.20. The van der Waals surface area contributed by atoms with Gasteiger partial charge in [-0.2, -0.15) is 0 Å². The summed E-state index contributed by atoms with van der Waals surface area (Å²) in [5.74, 6) is -0.458. The van der Waals surface area contributed by atoms with E-state index in [1.165, 1.54) is 14.2 Å². The molecule has 0 heterocycles. The SMILES string of the molecule is COC(=O)CCCCCCCC(CCCCCCCO)NC(=O)CCC(=O)NC(CCCCCCCO)CCCCCCCC(=O)OC. The quantitative estimate of drug-likeness (QED) is 0.0404. The number of carbonyl (C=O) groups excluding carboxylic acids is 4. The molecular formula is C38H72N2O8. The number of amides is 2. The molecule has 0 aromatic heterocycles. The van der Waals surface area contributed by atoms with E-state index in [-0.39, 0.29) is 61.9 Å². The molecule has 0 spiro atoms. The van der Waals surface area contributed by atoms with Crippen molar-refractivity contribution in [2.45, 2.75) is 192 Å². The predicted molar refractivity (Wildman–Crippen MR) is 191 cm³/mol. The van der Waals surface area contributed by atoms with Crippen LogP contribution < -0.4 is 10.6 Å². The highest BCUT2D eigenvalue weighted by atomic mass is 16.5. The van der Waals surface area contributed by atoms with E-state index < -0.39 is 0 Å². The summed E-state index contributed by atoms with van der Waals surface area (Å²) in [5, 5.41) is 24.5. The zero-order valence-corrected chi connectivity index (χ0v) is 30.7. The first-order valence-electron chi connectivity index (χ1n) is 19.3. The van der Waals surface area contributed by atoms with Crippen molar-refractivity contribution >= 4 is 23.8 Å². The van der Waals surface area contributed by atoms with E-state index in [4.69, 9.17) is 19.7 Å². The van der Waals surface area contributed by atoms with Crippen molar-refractivity contribution in [3.8, 4) is 0 Å². The number of ether oxygens (including phenoxy) is 2. The summed E-state index contributed by atoms with van der Waals surface area (Å²) in [5.41, 5.74) is 0. The number of unbranched alkanes of at least 4 members (excludes halogenated alkanes) is 16. The number of rotatable bonds is 35. The third-order valence-electron chi connectivity index (χ3n) is 9.05. The summed E-state index contributed by atoms with van der Waals surface area (Å²) in [6, 6.07) is 0.194. The summed E-state index contributed by atoms with van der Waals surface area (Å²) in [4.78, 5) is 48.5. The highest BCUT2D eigenvalue weighted by Crippen LogP contribution is 2.16. The topological polar surface area (TPSA) is 151 Å². The smallest absolute Gasteiger partial charge is 0.305 e. The standard InChI is InChI=1S/C38H72N2O8/c1-47-37(45)27-19-11-3-7-15-23-33(25-17-9-5-13-21-31-41)39-35(43)29-30-36(44)40-34(26-18-10-6-14-22-32-42)24-16-8-4-12-20-28-38(46)48-2/h33-34,41-42H,3-32H2,1-2H3,(H,39,43)(H,40,44). The number of esters is 2. The molecule has 0 rings (SSSR count). The van der Waals surface area contributed by atoms with Crippen molar-refractivity contribution in [1.29, 1.82) is 0 Å². The third-order valence-corrected chi connectivity index (χ3v) is 9.05. The third kappa shape index (κ3) is 31.1. The Morgan fingerprint density at radius 2 is 0.688 bits per heavy atom. The predicted octanol–water partition coefficient (Wildman–Crippen LogP) is 7.21. The molecule has 0 aliphatic rings. The van der Waals surface area contributed by atoms with Crippen LogP contribution in [0.1, 0.15) is 180 Å². The lowest BCUT2D eigenvalue weighted by molar-refractivity contribution is -0.141. The molecule has 10 heteroatoms. The zero-order valence-electron chi connectivity index (χ0n) is 30.7.